The molecular weight excluding hydrogens is 192 g/mol. The molecule has 0 aliphatic heterocycles. The van der Waals surface area contributed by atoms with Gasteiger partial charge in [0.05, 0.1) is 0 Å². The Morgan fingerprint density at radius 3 is 2.67 bits per heavy atom. The summed E-state index contributed by atoms with van der Waals surface area (Å²) in [6, 6.07) is 7.01. The fourth-order valence-electron chi connectivity index (χ4n) is 1.18. The quantitative estimate of drug-likeness (QED) is 0.784. The molecule has 82 valence electrons. The third-order valence-corrected chi connectivity index (χ3v) is 2.07. The number of rotatable bonds is 3. The van der Waals surface area contributed by atoms with Crippen LogP contribution in [0.2, 0.25) is 0 Å². The van der Waals surface area contributed by atoms with Crippen molar-refractivity contribution >= 4 is 6.03 Å². The molecule has 0 radical (unpaired) electrons. The zero-order chi connectivity index (χ0) is 11.3. The van der Waals surface area contributed by atoms with Crippen LogP contribution in [0.5, 0.6) is 5.75 Å². The van der Waals surface area contributed by atoms with Crippen LogP contribution >= 0.6 is 0 Å². The maximum Gasteiger partial charge on any atom is 0.316 e. The number of carbonyl (C=O) groups excluding carboxylic acids is 1. The highest BCUT2D eigenvalue weighted by Crippen LogP contribution is 2.15. The Hall–Kier alpha value is -1.71. The average molecular weight is 208 g/mol. The molecule has 0 saturated heterocycles. The smallest absolute Gasteiger partial charge is 0.316 e. The Morgan fingerprint density at radius 1 is 1.40 bits per heavy atom. The van der Waals surface area contributed by atoms with Gasteiger partial charge >= 0.3 is 6.03 Å². The normalized spacial score (nSPS) is 9.73. The van der Waals surface area contributed by atoms with Crippen molar-refractivity contribution < 1.29 is 9.90 Å². The van der Waals surface area contributed by atoms with E-state index in [4.69, 9.17) is 0 Å². The Labute approximate surface area is 89.5 Å². The highest BCUT2D eigenvalue weighted by molar-refractivity contribution is 5.73. The van der Waals surface area contributed by atoms with E-state index >= 15 is 0 Å². The lowest BCUT2D eigenvalue weighted by Gasteiger charge is -2.12. The second-order valence-electron chi connectivity index (χ2n) is 3.51. The summed E-state index contributed by atoms with van der Waals surface area (Å²) >= 11 is 0. The molecule has 0 unspecified atom stereocenters. The van der Waals surface area contributed by atoms with E-state index in [0.29, 0.717) is 13.0 Å². The fraction of sp³-hybridized carbons (Fsp3) is 0.364. The first-order valence-corrected chi connectivity index (χ1v) is 4.83. The number of nitrogens with zero attached hydrogens (tertiary/aromatic N) is 1. The molecule has 2 N–H and O–H groups in total. The third-order valence-electron chi connectivity index (χ3n) is 2.07. The summed E-state index contributed by atoms with van der Waals surface area (Å²) in [5, 5.41) is 12.2. The van der Waals surface area contributed by atoms with Gasteiger partial charge in [0.25, 0.3) is 0 Å². The van der Waals surface area contributed by atoms with Crippen molar-refractivity contribution in [3.05, 3.63) is 29.8 Å². The molecule has 0 aliphatic rings. The van der Waals surface area contributed by atoms with Gasteiger partial charge in [-0.1, -0.05) is 18.2 Å². The number of carbonyl (C=O) groups is 1. The van der Waals surface area contributed by atoms with Crippen molar-refractivity contribution in [1.29, 1.82) is 0 Å². The predicted molar refractivity (Wildman–Crippen MR) is 58.9 cm³/mol. The number of urea groups is 1. The van der Waals surface area contributed by atoms with Crippen molar-refractivity contribution in [3.63, 3.8) is 0 Å². The molecule has 0 aliphatic carbocycles. The zero-order valence-corrected chi connectivity index (χ0v) is 9.03. The summed E-state index contributed by atoms with van der Waals surface area (Å²) in [4.78, 5) is 12.6. The third kappa shape index (κ3) is 3.50. The van der Waals surface area contributed by atoms with Gasteiger partial charge in [-0.3, -0.25) is 0 Å². The molecule has 4 heteroatoms. The minimum absolute atomic E-state index is 0.120. The number of hydrogen-bond donors (Lipinski definition) is 2. The van der Waals surface area contributed by atoms with Crippen molar-refractivity contribution in [3.8, 4) is 5.75 Å². The van der Waals surface area contributed by atoms with Crippen molar-refractivity contribution in [2.24, 2.45) is 0 Å². The van der Waals surface area contributed by atoms with Gasteiger partial charge in [0.2, 0.25) is 0 Å². The average Bonchev–Trinajstić information content (AvgIpc) is 2.20. The van der Waals surface area contributed by atoms with E-state index in [2.05, 4.69) is 5.32 Å². The number of benzene rings is 1. The number of aromatic hydroxyl groups is 1. The van der Waals surface area contributed by atoms with Crippen LogP contribution in [-0.4, -0.2) is 36.7 Å². The van der Waals surface area contributed by atoms with Gasteiger partial charge in [-0.25, -0.2) is 4.79 Å². The molecule has 0 aromatic heterocycles. The van der Waals surface area contributed by atoms with E-state index in [1.165, 1.54) is 4.90 Å². The Bertz CT molecular complexity index is 337. The van der Waals surface area contributed by atoms with E-state index in [1.54, 1.807) is 26.2 Å². The first-order chi connectivity index (χ1) is 7.11. The summed E-state index contributed by atoms with van der Waals surface area (Å²) in [5.41, 5.74) is 0.844. The minimum atomic E-state index is -0.120. The zero-order valence-electron chi connectivity index (χ0n) is 9.03. The SMILES string of the molecule is CN(C)C(=O)NCCc1ccccc1O. The van der Waals surface area contributed by atoms with E-state index in [1.807, 2.05) is 12.1 Å². The van der Waals surface area contributed by atoms with Crippen molar-refractivity contribution in [2.45, 2.75) is 6.42 Å². The molecule has 1 aromatic carbocycles. The molecule has 1 aromatic rings. The number of phenolic OH excluding ortho intramolecular Hbond substituents is 1. The molecule has 1 rings (SSSR count). The van der Waals surface area contributed by atoms with Gasteiger partial charge in [0.1, 0.15) is 5.75 Å². The molecule has 2 amide bonds. The molecule has 0 bridgehead atoms. The van der Waals surface area contributed by atoms with Crippen LogP contribution in [0, 0.1) is 0 Å². The summed E-state index contributed by atoms with van der Waals surface area (Å²) in [5.74, 6) is 0.275. The summed E-state index contributed by atoms with van der Waals surface area (Å²) < 4.78 is 0. The van der Waals surface area contributed by atoms with Gasteiger partial charge < -0.3 is 15.3 Å². The lowest BCUT2D eigenvalue weighted by molar-refractivity contribution is 0.217. The Kier molecular flexibility index (Phi) is 3.97. The van der Waals surface area contributed by atoms with Gasteiger partial charge in [-0.05, 0) is 18.1 Å². The van der Waals surface area contributed by atoms with Crippen LogP contribution < -0.4 is 5.32 Å². The van der Waals surface area contributed by atoms with E-state index in [9.17, 15) is 9.90 Å². The number of amides is 2. The minimum Gasteiger partial charge on any atom is -0.508 e. The van der Waals surface area contributed by atoms with Crippen LogP contribution in [0.3, 0.4) is 0 Å². The number of hydrogen-bond acceptors (Lipinski definition) is 2. The number of phenols is 1. The van der Waals surface area contributed by atoms with Gasteiger partial charge in [0.15, 0.2) is 0 Å². The van der Waals surface area contributed by atoms with Crippen LogP contribution in [0.1, 0.15) is 5.56 Å². The summed E-state index contributed by atoms with van der Waals surface area (Å²) in [7, 11) is 3.38. The highest BCUT2D eigenvalue weighted by atomic mass is 16.3. The maximum absolute atomic E-state index is 11.2. The van der Waals surface area contributed by atoms with Crippen LogP contribution in [0.15, 0.2) is 24.3 Å². The van der Waals surface area contributed by atoms with E-state index in [-0.39, 0.29) is 11.8 Å². The topological polar surface area (TPSA) is 52.6 Å². The molecule has 0 spiro atoms. The molecule has 4 nitrogen and oxygen atoms in total. The monoisotopic (exact) mass is 208 g/mol. The molecule has 0 saturated carbocycles. The first-order valence-electron chi connectivity index (χ1n) is 4.83. The van der Waals surface area contributed by atoms with Crippen LogP contribution in [-0.2, 0) is 6.42 Å². The lowest BCUT2D eigenvalue weighted by Crippen LogP contribution is -2.35. The maximum atomic E-state index is 11.2. The first kappa shape index (κ1) is 11.4. The molecule has 0 atom stereocenters. The summed E-state index contributed by atoms with van der Waals surface area (Å²) in [6.07, 6.45) is 0.631. The van der Waals surface area contributed by atoms with Crippen molar-refractivity contribution in [2.75, 3.05) is 20.6 Å². The Morgan fingerprint density at radius 2 is 2.07 bits per heavy atom. The molecule has 0 fully saturated rings. The van der Waals surface area contributed by atoms with Gasteiger partial charge in [-0.15, -0.1) is 0 Å². The molecule has 15 heavy (non-hydrogen) atoms. The number of nitrogens with one attached hydrogen (secondary N) is 1. The summed E-state index contributed by atoms with van der Waals surface area (Å²) in [6.45, 7) is 0.522. The van der Waals surface area contributed by atoms with E-state index < -0.39 is 0 Å². The molecule has 0 heterocycles. The van der Waals surface area contributed by atoms with Gasteiger partial charge in [0, 0.05) is 20.6 Å². The second kappa shape index (κ2) is 5.24. The van der Waals surface area contributed by atoms with Crippen LogP contribution in [0.25, 0.3) is 0 Å². The largest absolute Gasteiger partial charge is 0.508 e. The highest BCUT2D eigenvalue weighted by Gasteiger charge is 2.03. The van der Waals surface area contributed by atoms with Gasteiger partial charge in [-0.2, -0.15) is 0 Å². The van der Waals surface area contributed by atoms with E-state index in [0.717, 1.165) is 5.56 Å². The second-order valence-corrected chi connectivity index (χ2v) is 3.51. The Balaban J connectivity index is 2.38. The van der Waals surface area contributed by atoms with Crippen LogP contribution in [0.4, 0.5) is 4.79 Å². The number of para-hydroxylation sites is 1. The standard InChI is InChI=1S/C11H16N2O2/c1-13(2)11(15)12-8-7-9-5-3-4-6-10(9)14/h3-6,14H,7-8H2,1-2H3,(H,12,15). The predicted octanol–water partition coefficient (Wildman–Crippen LogP) is 1.21. The lowest BCUT2D eigenvalue weighted by atomic mass is 10.1. The van der Waals surface area contributed by atoms with Crippen molar-refractivity contribution in [1.82, 2.24) is 10.2 Å². The fourth-order valence-corrected chi connectivity index (χ4v) is 1.18. The molecular formula is C11H16N2O2.